The summed E-state index contributed by atoms with van der Waals surface area (Å²) in [7, 11) is 0. The van der Waals surface area contributed by atoms with Gasteiger partial charge in [-0.1, -0.05) is 22.9 Å². The lowest BCUT2D eigenvalue weighted by molar-refractivity contribution is 0.492. The van der Waals surface area contributed by atoms with Gasteiger partial charge in [0.25, 0.3) is 0 Å². The molecule has 0 saturated carbocycles. The maximum Gasteiger partial charge on any atom is 0.138 e. The number of hydrogen-bond donors (Lipinski definition) is 1. The highest BCUT2D eigenvalue weighted by Crippen LogP contribution is 2.26. The second-order valence-electron chi connectivity index (χ2n) is 4.87. The van der Waals surface area contributed by atoms with E-state index < -0.39 is 0 Å². The van der Waals surface area contributed by atoms with Gasteiger partial charge in [0.05, 0.1) is 0 Å². The van der Waals surface area contributed by atoms with Crippen molar-refractivity contribution in [3.05, 3.63) is 46.2 Å². The third-order valence-electron chi connectivity index (χ3n) is 3.36. The van der Waals surface area contributed by atoms with Crippen LogP contribution in [-0.4, -0.2) is 21.3 Å². The van der Waals surface area contributed by atoms with Crippen molar-refractivity contribution in [1.82, 2.24) is 20.1 Å². The van der Waals surface area contributed by atoms with E-state index in [9.17, 15) is 4.39 Å². The molecule has 1 aromatic carbocycles. The van der Waals surface area contributed by atoms with Crippen LogP contribution < -0.4 is 5.32 Å². The maximum atomic E-state index is 13.6. The molecule has 0 amide bonds. The van der Waals surface area contributed by atoms with Crippen molar-refractivity contribution >= 4 is 15.9 Å². The molecule has 0 radical (unpaired) electrons. The Bertz CT molecular complexity index is 585. The highest BCUT2D eigenvalue weighted by Gasteiger charge is 2.18. The van der Waals surface area contributed by atoms with Gasteiger partial charge in [-0.25, -0.2) is 9.37 Å². The summed E-state index contributed by atoms with van der Waals surface area (Å²) in [5.41, 5.74) is 0.911. The fraction of sp³-hybridized carbons (Fsp3) is 0.467. The van der Waals surface area contributed by atoms with E-state index in [0.717, 1.165) is 35.4 Å². The molecule has 2 aromatic rings. The average molecular weight is 355 g/mol. The van der Waals surface area contributed by atoms with Crippen LogP contribution in [0.4, 0.5) is 4.39 Å². The normalized spacial score (nSPS) is 12.6. The van der Waals surface area contributed by atoms with Gasteiger partial charge in [-0.05, 0) is 43.7 Å². The molecule has 0 aliphatic rings. The molecule has 2 rings (SSSR count). The number of benzene rings is 1. The number of nitrogens with zero attached hydrogens (tertiary/aromatic N) is 3. The third-order valence-corrected chi connectivity index (χ3v) is 4.08. The molecule has 0 saturated heterocycles. The minimum atomic E-state index is -0.228. The Morgan fingerprint density at radius 1 is 1.38 bits per heavy atom. The molecule has 0 bridgehead atoms. The second kappa shape index (κ2) is 7.66. The molecular weight excluding hydrogens is 335 g/mol. The van der Waals surface area contributed by atoms with E-state index in [0.29, 0.717) is 6.42 Å². The monoisotopic (exact) mass is 354 g/mol. The Balaban J connectivity index is 2.27. The fourth-order valence-corrected chi connectivity index (χ4v) is 2.81. The first-order chi connectivity index (χ1) is 10.2. The summed E-state index contributed by atoms with van der Waals surface area (Å²) in [5.74, 6) is 0.677. The number of nitrogens with one attached hydrogen (secondary N) is 1. The van der Waals surface area contributed by atoms with Crippen molar-refractivity contribution in [1.29, 1.82) is 0 Å². The second-order valence-corrected chi connectivity index (χ2v) is 5.72. The van der Waals surface area contributed by atoms with Crippen molar-refractivity contribution in [3.8, 4) is 0 Å². The van der Waals surface area contributed by atoms with Crippen LogP contribution in [0.25, 0.3) is 0 Å². The quantitative estimate of drug-likeness (QED) is 0.827. The first-order valence-corrected chi connectivity index (χ1v) is 8.00. The Morgan fingerprint density at radius 2 is 2.19 bits per heavy atom. The van der Waals surface area contributed by atoms with Crippen LogP contribution in [0, 0.1) is 5.82 Å². The van der Waals surface area contributed by atoms with E-state index >= 15 is 0 Å². The largest absolute Gasteiger partial charge is 0.310 e. The van der Waals surface area contributed by atoms with Gasteiger partial charge in [0, 0.05) is 23.5 Å². The number of rotatable bonds is 7. The molecule has 1 atom stereocenters. The van der Waals surface area contributed by atoms with E-state index in [1.54, 1.807) is 18.5 Å². The Hall–Kier alpha value is -1.27. The van der Waals surface area contributed by atoms with Crippen LogP contribution in [0.15, 0.2) is 29.0 Å². The first kappa shape index (κ1) is 16.1. The number of hydrogen-bond acceptors (Lipinski definition) is 3. The van der Waals surface area contributed by atoms with Crippen molar-refractivity contribution in [2.75, 3.05) is 6.54 Å². The van der Waals surface area contributed by atoms with Crippen molar-refractivity contribution in [3.63, 3.8) is 0 Å². The first-order valence-electron chi connectivity index (χ1n) is 7.20. The SMILES string of the molecule is CCCNC(Cc1ncnn1CC)c1cc(F)ccc1Br. The third kappa shape index (κ3) is 4.11. The smallest absolute Gasteiger partial charge is 0.138 e. The Morgan fingerprint density at radius 3 is 2.90 bits per heavy atom. The lowest BCUT2D eigenvalue weighted by Gasteiger charge is -2.20. The van der Waals surface area contributed by atoms with E-state index in [4.69, 9.17) is 0 Å². The molecule has 0 aliphatic heterocycles. The standard InChI is InChI=1S/C15H20BrFN4/c1-3-7-18-14(9-15-19-10-20-21(15)4-2)12-8-11(17)5-6-13(12)16/h5-6,8,10,14,18H,3-4,7,9H2,1-2H3. The highest BCUT2D eigenvalue weighted by atomic mass is 79.9. The van der Waals surface area contributed by atoms with Gasteiger partial charge in [0.2, 0.25) is 0 Å². The maximum absolute atomic E-state index is 13.6. The molecule has 114 valence electrons. The van der Waals surface area contributed by atoms with Crippen LogP contribution in [0.2, 0.25) is 0 Å². The molecule has 0 aliphatic carbocycles. The molecule has 21 heavy (non-hydrogen) atoms. The molecule has 6 heteroatoms. The van der Waals surface area contributed by atoms with Crippen molar-refractivity contribution < 1.29 is 4.39 Å². The van der Waals surface area contributed by atoms with E-state index in [2.05, 4.69) is 38.3 Å². The highest BCUT2D eigenvalue weighted by molar-refractivity contribution is 9.10. The molecule has 1 unspecified atom stereocenters. The van der Waals surface area contributed by atoms with Crippen LogP contribution in [0.3, 0.4) is 0 Å². The van der Waals surface area contributed by atoms with Gasteiger partial charge in [0.1, 0.15) is 18.0 Å². The fourth-order valence-electron chi connectivity index (χ4n) is 2.29. The molecule has 0 fully saturated rings. The van der Waals surface area contributed by atoms with E-state index in [-0.39, 0.29) is 11.9 Å². The summed E-state index contributed by atoms with van der Waals surface area (Å²) in [6.07, 6.45) is 3.26. The predicted octanol–water partition coefficient (Wildman–Crippen LogP) is 3.48. The zero-order valence-corrected chi connectivity index (χ0v) is 13.9. The molecule has 1 aromatic heterocycles. The topological polar surface area (TPSA) is 42.7 Å². The van der Waals surface area contributed by atoms with Gasteiger partial charge < -0.3 is 5.32 Å². The van der Waals surface area contributed by atoms with Crippen LogP contribution in [-0.2, 0) is 13.0 Å². The molecule has 1 heterocycles. The zero-order chi connectivity index (χ0) is 15.2. The molecule has 0 spiro atoms. The van der Waals surface area contributed by atoms with Crippen molar-refractivity contribution in [2.45, 2.75) is 39.3 Å². The lowest BCUT2D eigenvalue weighted by Crippen LogP contribution is -2.26. The molecular formula is C15H20BrFN4. The summed E-state index contributed by atoms with van der Waals surface area (Å²) in [5, 5.41) is 7.66. The lowest BCUT2D eigenvalue weighted by atomic mass is 10.0. The van der Waals surface area contributed by atoms with Crippen LogP contribution in [0.1, 0.15) is 37.7 Å². The zero-order valence-electron chi connectivity index (χ0n) is 12.3. The van der Waals surface area contributed by atoms with Gasteiger partial charge in [-0.15, -0.1) is 0 Å². The summed E-state index contributed by atoms with van der Waals surface area (Å²) in [4.78, 5) is 4.32. The van der Waals surface area contributed by atoms with Gasteiger partial charge >= 0.3 is 0 Å². The van der Waals surface area contributed by atoms with Gasteiger partial charge in [0.15, 0.2) is 0 Å². The molecule has 4 nitrogen and oxygen atoms in total. The summed E-state index contributed by atoms with van der Waals surface area (Å²) >= 11 is 3.51. The van der Waals surface area contributed by atoms with Crippen LogP contribution in [0.5, 0.6) is 0 Å². The number of aromatic nitrogens is 3. The summed E-state index contributed by atoms with van der Waals surface area (Å²) in [6.45, 7) is 5.79. The van der Waals surface area contributed by atoms with E-state index in [1.807, 2.05) is 11.6 Å². The summed E-state index contributed by atoms with van der Waals surface area (Å²) < 4.78 is 16.3. The number of aryl methyl sites for hydroxylation is 1. The number of halogens is 2. The van der Waals surface area contributed by atoms with E-state index in [1.165, 1.54) is 6.07 Å². The van der Waals surface area contributed by atoms with Crippen LogP contribution >= 0.6 is 15.9 Å². The van der Waals surface area contributed by atoms with Gasteiger partial charge in [-0.2, -0.15) is 5.10 Å². The van der Waals surface area contributed by atoms with Crippen molar-refractivity contribution in [2.24, 2.45) is 0 Å². The minimum Gasteiger partial charge on any atom is -0.310 e. The minimum absolute atomic E-state index is 0.00419. The Labute approximate surface area is 132 Å². The molecule has 1 N–H and O–H groups in total. The Kier molecular flexibility index (Phi) is 5.87. The van der Waals surface area contributed by atoms with Gasteiger partial charge in [-0.3, -0.25) is 4.68 Å². The summed E-state index contributed by atoms with van der Waals surface area (Å²) in [6, 6.07) is 4.78. The average Bonchev–Trinajstić information content (AvgIpc) is 2.93. The predicted molar refractivity (Wildman–Crippen MR) is 84.5 cm³/mol.